The third kappa shape index (κ3) is 5.42. The number of ether oxygens (including phenoxy) is 1. The van der Waals surface area contributed by atoms with E-state index < -0.39 is 11.7 Å². The average molecular weight is 461 g/mol. The number of aromatic nitrogens is 3. The van der Waals surface area contributed by atoms with E-state index in [9.17, 15) is 9.18 Å². The van der Waals surface area contributed by atoms with Gasteiger partial charge in [-0.1, -0.05) is 35.3 Å². The molecule has 2 aromatic carbocycles. The zero-order valence-electron chi connectivity index (χ0n) is 15.9. The molecule has 0 aliphatic rings. The quantitative estimate of drug-likeness (QED) is 0.409. The Morgan fingerprint density at radius 3 is 2.84 bits per heavy atom. The number of rotatable bonds is 7. The second-order valence-corrected chi connectivity index (χ2v) is 7.32. The Bertz CT molecular complexity index is 1220. The van der Waals surface area contributed by atoms with Crippen molar-refractivity contribution >= 4 is 35.1 Å². The van der Waals surface area contributed by atoms with Gasteiger partial charge in [-0.2, -0.15) is 0 Å². The van der Waals surface area contributed by atoms with Gasteiger partial charge in [0.15, 0.2) is 5.76 Å². The van der Waals surface area contributed by atoms with Crippen molar-refractivity contribution < 1.29 is 18.3 Å². The minimum Gasteiger partial charge on any atom is -0.484 e. The standard InChI is InChI=1S/C21H15Cl2FN4O3/c22-14-3-1-2-13(8-14)10-28-12-25-21(27-28)26-20(29)19-7-5-16(31-19)11-30-18-6-4-15(24)9-17(18)23/h1-9,12H,10-11H2,(H,26,27,29). The highest BCUT2D eigenvalue weighted by Crippen LogP contribution is 2.26. The van der Waals surface area contributed by atoms with Gasteiger partial charge >= 0.3 is 0 Å². The minimum atomic E-state index is -0.508. The number of nitrogens with zero attached hydrogens (tertiary/aromatic N) is 3. The van der Waals surface area contributed by atoms with Gasteiger partial charge in [0.25, 0.3) is 5.91 Å². The third-order valence-corrected chi connectivity index (χ3v) is 4.68. The predicted octanol–water partition coefficient (Wildman–Crippen LogP) is 5.20. The first kappa shape index (κ1) is 20.9. The molecule has 0 atom stereocenters. The molecule has 1 amide bonds. The molecule has 1 N–H and O–H groups in total. The van der Waals surface area contributed by atoms with Crippen LogP contribution in [-0.2, 0) is 13.2 Å². The molecule has 0 saturated heterocycles. The largest absolute Gasteiger partial charge is 0.484 e. The van der Waals surface area contributed by atoms with E-state index in [1.807, 2.05) is 18.2 Å². The molecule has 0 saturated carbocycles. The number of anilines is 1. The number of furan rings is 1. The summed E-state index contributed by atoms with van der Waals surface area (Å²) in [5.41, 5.74) is 0.951. The lowest BCUT2D eigenvalue weighted by Crippen LogP contribution is -2.12. The lowest BCUT2D eigenvalue weighted by molar-refractivity contribution is 0.0991. The number of carbonyl (C=O) groups is 1. The van der Waals surface area contributed by atoms with Crippen LogP contribution in [0.4, 0.5) is 10.3 Å². The van der Waals surface area contributed by atoms with Gasteiger partial charge in [0.05, 0.1) is 11.6 Å². The Labute approximate surface area is 186 Å². The lowest BCUT2D eigenvalue weighted by atomic mass is 10.2. The first-order valence-corrected chi connectivity index (χ1v) is 9.84. The second kappa shape index (κ2) is 9.20. The summed E-state index contributed by atoms with van der Waals surface area (Å²) >= 11 is 11.9. The topological polar surface area (TPSA) is 82.2 Å². The van der Waals surface area contributed by atoms with Crippen LogP contribution in [0.2, 0.25) is 10.0 Å². The Morgan fingerprint density at radius 2 is 2.03 bits per heavy atom. The third-order valence-electron chi connectivity index (χ3n) is 4.14. The van der Waals surface area contributed by atoms with Crippen LogP contribution >= 0.6 is 23.2 Å². The van der Waals surface area contributed by atoms with E-state index in [1.165, 1.54) is 24.5 Å². The summed E-state index contributed by atoms with van der Waals surface area (Å²) in [6, 6.07) is 14.3. The van der Waals surface area contributed by atoms with Crippen LogP contribution in [0.1, 0.15) is 21.9 Å². The molecular formula is C21H15Cl2FN4O3. The van der Waals surface area contributed by atoms with Crippen molar-refractivity contribution in [2.45, 2.75) is 13.2 Å². The second-order valence-electron chi connectivity index (χ2n) is 6.48. The predicted molar refractivity (Wildman–Crippen MR) is 113 cm³/mol. The van der Waals surface area contributed by atoms with Gasteiger partial charge in [0.1, 0.15) is 30.3 Å². The van der Waals surface area contributed by atoms with Crippen molar-refractivity contribution in [2.24, 2.45) is 0 Å². The zero-order chi connectivity index (χ0) is 21.8. The Hall–Kier alpha value is -3.36. The fourth-order valence-corrected chi connectivity index (χ4v) is 3.17. The first-order chi connectivity index (χ1) is 15.0. The summed E-state index contributed by atoms with van der Waals surface area (Å²) in [6.07, 6.45) is 1.50. The maximum Gasteiger partial charge on any atom is 0.293 e. The Balaban J connectivity index is 1.34. The fraction of sp³-hybridized carbons (Fsp3) is 0.0952. The zero-order valence-corrected chi connectivity index (χ0v) is 17.4. The van der Waals surface area contributed by atoms with E-state index in [4.69, 9.17) is 32.4 Å². The molecule has 4 rings (SSSR count). The van der Waals surface area contributed by atoms with E-state index in [2.05, 4.69) is 15.4 Å². The molecule has 7 nitrogen and oxygen atoms in total. The monoisotopic (exact) mass is 460 g/mol. The number of halogens is 3. The molecular weight excluding hydrogens is 446 g/mol. The summed E-state index contributed by atoms with van der Waals surface area (Å²) in [4.78, 5) is 16.5. The highest BCUT2D eigenvalue weighted by molar-refractivity contribution is 6.32. The Kier molecular flexibility index (Phi) is 6.20. The van der Waals surface area contributed by atoms with Crippen LogP contribution in [0.25, 0.3) is 0 Å². The molecule has 0 unspecified atom stereocenters. The SMILES string of the molecule is O=C(Nc1ncn(Cc2cccc(Cl)c2)n1)c1ccc(COc2ccc(F)cc2Cl)o1. The number of nitrogens with one attached hydrogen (secondary N) is 1. The normalized spacial score (nSPS) is 10.8. The van der Waals surface area contributed by atoms with Gasteiger partial charge in [-0.3, -0.25) is 10.1 Å². The van der Waals surface area contributed by atoms with E-state index in [0.717, 1.165) is 11.6 Å². The van der Waals surface area contributed by atoms with Crippen molar-refractivity contribution in [2.75, 3.05) is 5.32 Å². The molecule has 2 heterocycles. The molecule has 10 heteroatoms. The van der Waals surface area contributed by atoms with Crippen LogP contribution in [0.3, 0.4) is 0 Å². The van der Waals surface area contributed by atoms with E-state index >= 15 is 0 Å². The van der Waals surface area contributed by atoms with E-state index in [0.29, 0.717) is 23.1 Å². The maximum absolute atomic E-state index is 13.1. The molecule has 0 spiro atoms. The van der Waals surface area contributed by atoms with Crippen LogP contribution in [0.5, 0.6) is 5.75 Å². The lowest BCUT2D eigenvalue weighted by Gasteiger charge is -2.06. The average Bonchev–Trinajstić information content (AvgIpc) is 3.37. The van der Waals surface area contributed by atoms with Crippen molar-refractivity contribution in [3.63, 3.8) is 0 Å². The number of amides is 1. The Morgan fingerprint density at radius 1 is 1.16 bits per heavy atom. The molecule has 158 valence electrons. The van der Waals surface area contributed by atoms with Crippen molar-refractivity contribution in [3.8, 4) is 5.75 Å². The van der Waals surface area contributed by atoms with Gasteiger partial charge in [-0.25, -0.2) is 14.1 Å². The van der Waals surface area contributed by atoms with Crippen LogP contribution in [-0.4, -0.2) is 20.7 Å². The molecule has 0 aliphatic carbocycles. The van der Waals surface area contributed by atoms with Crippen molar-refractivity contribution in [1.29, 1.82) is 0 Å². The summed E-state index contributed by atoms with van der Waals surface area (Å²) < 4.78 is 25.7. The van der Waals surface area contributed by atoms with Crippen molar-refractivity contribution in [1.82, 2.24) is 14.8 Å². The minimum absolute atomic E-state index is 0.0190. The summed E-state index contributed by atoms with van der Waals surface area (Å²) in [5.74, 6) is -0.0660. The first-order valence-electron chi connectivity index (χ1n) is 9.08. The van der Waals surface area contributed by atoms with Gasteiger partial charge in [-0.15, -0.1) is 5.10 Å². The summed E-state index contributed by atoms with van der Waals surface area (Å²) in [6.45, 7) is 0.475. The highest BCUT2D eigenvalue weighted by Gasteiger charge is 2.14. The van der Waals surface area contributed by atoms with Gasteiger partial charge in [0.2, 0.25) is 5.95 Å². The maximum atomic E-state index is 13.1. The van der Waals surface area contributed by atoms with Crippen LogP contribution in [0.15, 0.2) is 65.3 Å². The summed E-state index contributed by atoms with van der Waals surface area (Å²) in [7, 11) is 0. The number of benzene rings is 2. The molecule has 4 aromatic rings. The number of hydrogen-bond donors (Lipinski definition) is 1. The molecule has 0 aliphatic heterocycles. The van der Waals surface area contributed by atoms with E-state index in [1.54, 1.807) is 16.8 Å². The molecule has 0 fully saturated rings. The highest BCUT2D eigenvalue weighted by atomic mass is 35.5. The molecule has 2 aromatic heterocycles. The fourth-order valence-electron chi connectivity index (χ4n) is 2.73. The molecule has 31 heavy (non-hydrogen) atoms. The van der Waals surface area contributed by atoms with E-state index in [-0.39, 0.29) is 23.3 Å². The molecule has 0 radical (unpaired) electrons. The van der Waals surface area contributed by atoms with Gasteiger partial charge < -0.3 is 9.15 Å². The van der Waals surface area contributed by atoms with Crippen LogP contribution in [0, 0.1) is 5.82 Å². The smallest absolute Gasteiger partial charge is 0.293 e. The summed E-state index contributed by atoms with van der Waals surface area (Å²) in [5, 5.41) is 7.56. The van der Waals surface area contributed by atoms with Crippen molar-refractivity contribution in [3.05, 3.63) is 93.9 Å². The number of hydrogen-bond acceptors (Lipinski definition) is 5. The van der Waals surface area contributed by atoms with Crippen LogP contribution < -0.4 is 10.1 Å². The van der Waals surface area contributed by atoms with Gasteiger partial charge in [0, 0.05) is 5.02 Å². The molecule has 0 bridgehead atoms. The van der Waals surface area contributed by atoms with Gasteiger partial charge in [-0.05, 0) is 48.0 Å². The number of carbonyl (C=O) groups excluding carboxylic acids is 1.